The van der Waals surface area contributed by atoms with Crippen LogP contribution in [0.15, 0.2) is 59.1 Å². The molecule has 3 rings (SSSR count). The van der Waals surface area contributed by atoms with Crippen LogP contribution in [0.3, 0.4) is 0 Å². The summed E-state index contributed by atoms with van der Waals surface area (Å²) in [7, 11) is 0. The zero-order valence-electron chi connectivity index (χ0n) is 13.6. The average Bonchev–Trinajstić information content (AvgIpc) is 2.61. The first kappa shape index (κ1) is 16.7. The van der Waals surface area contributed by atoms with Gasteiger partial charge in [0.15, 0.2) is 0 Å². The van der Waals surface area contributed by atoms with Crippen LogP contribution < -0.4 is 5.32 Å². The highest BCUT2D eigenvalue weighted by Gasteiger charge is 2.42. The van der Waals surface area contributed by atoms with Crippen molar-refractivity contribution in [3.05, 3.63) is 70.2 Å². The number of hydrogen-bond acceptors (Lipinski definition) is 2. The first-order valence-electron chi connectivity index (χ1n) is 8.39. The van der Waals surface area contributed by atoms with E-state index in [1.807, 2.05) is 0 Å². The third-order valence-corrected chi connectivity index (χ3v) is 5.32. The molecule has 0 radical (unpaired) electrons. The summed E-state index contributed by atoms with van der Waals surface area (Å²) < 4.78 is 7.44. The van der Waals surface area contributed by atoms with E-state index in [4.69, 9.17) is 4.74 Å². The highest BCUT2D eigenvalue weighted by Crippen LogP contribution is 2.46. The number of rotatable bonds is 5. The summed E-state index contributed by atoms with van der Waals surface area (Å²) in [6, 6.07) is 19.5. The van der Waals surface area contributed by atoms with Gasteiger partial charge in [-0.25, -0.2) is 0 Å². The predicted molar refractivity (Wildman–Crippen MR) is 98.7 cm³/mol. The van der Waals surface area contributed by atoms with Crippen LogP contribution in [0.2, 0.25) is 0 Å². The summed E-state index contributed by atoms with van der Waals surface area (Å²) in [5.74, 6) is 0. The minimum atomic E-state index is 0.0311. The molecule has 2 nitrogen and oxygen atoms in total. The SMILES string of the molecule is CCOC(c1cccc(Br)c1)C1(c2ccccc2)CCNCC1. The Morgan fingerprint density at radius 2 is 1.83 bits per heavy atom. The van der Waals surface area contributed by atoms with Crippen molar-refractivity contribution in [1.29, 1.82) is 0 Å². The van der Waals surface area contributed by atoms with E-state index in [9.17, 15) is 0 Å². The average molecular weight is 374 g/mol. The topological polar surface area (TPSA) is 21.3 Å². The molecule has 1 atom stereocenters. The number of ether oxygens (including phenoxy) is 1. The molecule has 0 aromatic heterocycles. The van der Waals surface area contributed by atoms with Crippen molar-refractivity contribution in [3.63, 3.8) is 0 Å². The van der Waals surface area contributed by atoms with E-state index in [1.54, 1.807) is 0 Å². The molecule has 0 bridgehead atoms. The second kappa shape index (κ2) is 7.61. The molecule has 0 amide bonds. The Labute approximate surface area is 147 Å². The molecular formula is C20H24BrNO. The van der Waals surface area contributed by atoms with E-state index in [0.29, 0.717) is 0 Å². The van der Waals surface area contributed by atoms with E-state index in [0.717, 1.165) is 37.0 Å². The zero-order chi connectivity index (χ0) is 16.1. The molecule has 1 fully saturated rings. The van der Waals surface area contributed by atoms with Crippen molar-refractivity contribution in [2.24, 2.45) is 0 Å². The smallest absolute Gasteiger partial charge is 0.0922 e. The van der Waals surface area contributed by atoms with E-state index in [2.05, 4.69) is 82.8 Å². The normalized spacial score (nSPS) is 18.5. The molecule has 2 aromatic carbocycles. The molecule has 0 spiro atoms. The Hall–Kier alpha value is -1.16. The number of halogens is 1. The number of piperidine rings is 1. The minimum absolute atomic E-state index is 0.0311. The lowest BCUT2D eigenvalue weighted by Crippen LogP contribution is -2.45. The van der Waals surface area contributed by atoms with Gasteiger partial charge in [-0.2, -0.15) is 0 Å². The number of hydrogen-bond donors (Lipinski definition) is 1. The maximum atomic E-state index is 6.33. The molecule has 0 saturated carbocycles. The highest BCUT2D eigenvalue weighted by molar-refractivity contribution is 9.10. The molecule has 1 aliphatic heterocycles. The van der Waals surface area contributed by atoms with E-state index >= 15 is 0 Å². The first-order chi connectivity index (χ1) is 11.3. The van der Waals surface area contributed by atoms with Crippen molar-refractivity contribution < 1.29 is 4.74 Å². The van der Waals surface area contributed by atoms with Gasteiger partial charge in [0.1, 0.15) is 0 Å². The molecule has 122 valence electrons. The predicted octanol–water partition coefficient (Wildman–Crippen LogP) is 4.85. The maximum Gasteiger partial charge on any atom is 0.0922 e. The summed E-state index contributed by atoms with van der Waals surface area (Å²) in [4.78, 5) is 0. The summed E-state index contributed by atoms with van der Waals surface area (Å²) in [6.07, 6.45) is 2.26. The Balaban J connectivity index is 2.08. The molecule has 23 heavy (non-hydrogen) atoms. The quantitative estimate of drug-likeness (QED) is 0.808. The van der Waals surface area contributed by atoms with Crippen molar-refractivity contribution >= 4 is 15.9 Å². The fourth-order valence-electron chi connectivity index (χ4n) is 3.76. The van der Waals surface area contributed by atoms with Gasteiger partial charge in [-0.1, -0.05) is 58.4 Å². The lowest BCUT2D eigenvalue weighted by Gasteiger charge is -2.44. The molecule has 1 unspecified atom stereocenters. The van der Waals surface area contributed by atoms with E-state index < -0.39 is 0 Å². The van der Waals surface area contributed by atoms with Gasteiger partial charge < -0.3 is 10.1 Å². The Kier molecular flexibility index (Phi) is 5.52. The molecule has 0 aliphatic carbocycles. The molecule has 1 aliphatic rings. The third kappa shape index (κ3) is 3.52. The Bertz CT molecular complexity index is 623. The molecule has 1 heterocycles. The van der Waals surface area contributed by atoms with Crippen molar-refractivity contribution in [2.75, 3.05) is 19.7 Å². The second-order valence-corrected chi connectivity index (χ2v) is 7.08. The van der Waals surface area contributed by atoms with Crippen molar-refractivity contribution in [3.8, 4) is 0 Å². The van der Waals surface area contributed by atoms with Crippen LogP contribution in [0.4, 0.5) is 0 Å². The maximum absolute atomic E-state index is 6.33. The molecular weight excluding hydrogens is 350 g/mol. The zero-order valence-corrected chi connectivity index (χ0v) is 15.2. The van der Waals surface area contributed by atoms with Gasteiger partial charge in [0.05, 0.1) is 6.10 Å². The Morgan fingerprint density at radius 1 is 1.09 bits per heavy atom. The Morgan fingerprint density at radius 3 is 2.48 bits per heavy atom. The van der Waals surface area contributed by atoms with Crippen LogP contribution in [-0.2, 0) is 10.2 Å². The molecule has 2 aromatic rings. The van der Waals surface area contributed by atoms with Crippen LogP contribution in [0.25, 0.3) is 0 Å². The van der Waals surface area contributed by atoms with Crippen molar-refractivity contribution in [1.82, 2.24) is 5.32 Å². The van der Waals surface area contributed by atoms with Gasteiger partial charge >= 0.3 is 0 Å². The third-order valence-electron chi connectivity index (χ3n) is 4.83. The first-order valence-corrected chi connectivity index (χ1v) is 9.19. The monoisotopic (exact) mass is 373 g/mol. The lowest BCUT2D eigenvalue weighted by atomic mass is 9.67. The van der Waals surface area contributed by atoms with Gasteiger partial charge in [0.25, 0.3) is 0 Å². The minimum Gasteiger partial charge on any atom is -0.373 e. The fraction of sp³-hybridized carbons (Fsp3) is 0.400. The van der Waals surface area contributed by atoms with Gasteiger partial charge in [-0.05, 0) is 56.1 Å². The van der Waals surface area contributed by atoms with Crippen LogP contribution >= 0.6 is 15.9 Å². The molecule has 1 N–H and O–H groups in total. The summed E-state index contributed by atoms with van der Waals surface area (Å²) in [5, 5.41) is 3.50. The van der Waals surface area contributed by atoms with Crippen LogP contribution in [-0.4, -0.2) is 19.7 Å². The number of benzene rings is 2. The van der Waals surface area contributed by atoms with E-state index in [1.165, 1.54) is 11.1 Å². The van der Waals surface area contributed by atoms with Crippen LogP contribution in [0.5, 0.6) is 0 Å². The second-order valence-electron chi connectivity index (χ2n) is 6.16. The van der Waals surface area contributed by atoms with Crippen LogP contribution in [0.1, 0.15) is 37.0 Å². The van der Waals surface area contributed by atoms with E-state index in [-0.39, 0.29) is 11.5 Å². The van der Waals surface area contributed by atoms with Gasteiger partial charge in [0.2, 0.25) is 0 Å². The summed E-state index contributed by atoms with van der Waals surface area (Å²) >= 11 is 3.61. The summed E-state index contributed by atoms with van der Waals surface area (Å²) in [6.45, 7) is 4.88. The van der Waals surface area contributed by atoms with Gasteiger partial charge in [0, 0.05) is 16.5 Å². The lowest BCUT2D eigenvalue weighted by molar-refractivity contribution is -0.0131. The fourth-order valence-corrected chi connectivity index (χ4v) is 4.17. The molecule has 1 saturated heterocycles. The largest absolute Gasteiger partial charge is 0.373 e. The van der Waals surface area contributed by atoms with Gasteiger partial charge in [-0.15, -0.1) is 0 Å². The van der Waals surface area contributed by atoms with Crippen molar-refractivity contribution in [2.45, 2.75) is 31.3 Å². The highest BCUT2D eigenvalue weighted by atomic mass is 79.9. The molecule has 3 heteroatoms. The summed E-state index contributed by atoms with van der Waals surface area (Å²) in [5.41, 5.74) is 2.68. The van der Waals surface area contributed by atoms with Gasteiger partial charge in [-0.3, -0.25) is 0 Å². The number of nitrogens with one attached hydrogen (secondary N) is 1. The van der Waals surface area contributed by atoms with Crippen LogP contribution in [0, 0.1) is 0 Å². The standard InChI is InChI=1S/C20H24BrNO/c1-2-23-19(16-7-6-10-18(21)15-16)20(11-13-22-14-12-20)17-8-4-3-5-9-17/h3-10,15,19,22H,2,11-14H2,1H3.